The van der Waals surface area contributed by atoms with Crippen LogP contribution in [0, 0.1) is 0 Å². The quantitative estimate of drug-likeness (QED) is 0.744. The second-order valence-corrected chi connectivity index (χ2v) is 8.14. The number of esters is 1. The van der Waals surface area contributed by atoms with Crippen LogP contribution in [0.4, 0.5) is 0 Å². The second kappa shape index (κ2) is 6.97. The van der Waals surface area contributed by atoms with Crippen molar-refractivity contribution in [2.75, 3.05) is 5.75 Å². The van der Waals surface area contributed by atoms with Gasteiger partial charge in [-0.1, -0.05) is 60.1 Å². The summed E-state index contributed by atoms with van der Waals surface area (Å²) >= 11 is 7.78. The highest BCUT2D eigenvalue weighted by Crippen LogP contribution is 2.54. The van der Waals surface area contributed by atoms with Crippen LogP contribution < -0.4 is 0 Å². The van der Waals surface area contributed by atoms with Gasteiger partial charge in [-0.2, -0.15) is 0 Å². The number of hydrogen-bond donors (Lipinski definition) is 0. The third-order valence-electron chi connectivity index (χ3n) is 4.95. The number of amides is 1. The van der Waals surface area contributed by atoms with Gasteiger partial charge in [-0.25, -0.2) is 4.79 Å². The van der Waals surface area contributed by atoms with Crippen molar-refractivity contribution in [2.45, 2.75) is 30.4 Å². The minimum atomic E-state index is -0.558. The fourth-order valence-corrected chi connectivity index (χ4v) is 5.50. The van der Waals surface area contributed by atoms with Gasteiger partial charge in [0.2, 0.25) is 5.91 Å². The van der Waals surface area contributed by atoms with Crippen molar-refractivity contribution in [1.82, 2.24) is 4.90 Å². The minimum Gasteiger partial charge on any atom is -0.459 e. The first-order valence-corrected chi connectivity index (χ1v) is 9.90. The monoisotopic (exact) mass is 387 g/mol. The van der Waals surface area contributed by atoms with E-state index in [1.807, 2.05) is 48.5 Å². The summed E-state index contributed by atoms with van der Waals surface area (Å²) in [7, 11) is 0. The van der Waals surface area contributed by atoms with Gasteiger partial charge in [0.15, 0.2) is 0 Å². The Hall–Kier alpha value is -1.98. The minimum absolute atomic E-state index is 0.0125. The third-order valence-corrected chi connectivity index (χ3v) is 6.92. The van der Waals surface area contributed by atoms with E-state index >= 15 is 0 Å². The van der Waals surface area contributed by atoms with Gasteiger partial charge in [-0.3, -0.25) is 4.79 Å². The van der Waals surface area contributed by atoms with Crippen molar-refractivity contribution in [2.24, 2.45) is 0 Å². The van der Waals surface area contributed by atoms with E-state index in [1.165, 1.54) is 0 Å². The van der Waals surface area contributed by atoms with E-state index in [9.17, 15) is 9.59 Å². The average molecular weight is 388 g/mol. The lowest BCUT2D eigenvalue weighted by atomic mass is 10.0. The lowest BCUT2D eigenvalue weighted by molar-refractivity contribution is -0.155. The van der Waals surface area contributed by atoms with Crippen molar-refractivity contribution >= 4 is 35.2 Å². The molecule has 1 amide bonds. The molecule has 2 saturated heterocycles. The van der Waals surface area contributed by atoms with E-state index in [4.69, 9.17) is 16.3 Å². The fraction of sp³-hybridized carbons (Fsp3) is 0.300. The Bertz CT molecular complexity index is 844. The number of rotatable bonds is 4. The lowest BCUT2D eigenvalue weighted by Crippen LogP contribution is -2.46. The number of carbonyl (C=O) groups is 2. The molecule has 2 atom stereocenters. The molecule has 0 bridgehead atoms. The number of thioether (sulfide) groups is 1. The van der Waals surface area contributed by atoms with Crippen LogP contribution in [0.5, 0.6) is 0 Å². The maximum absolute atomic E-state index is 12.7. The van der Waals surface area contributed by atoms with E-state index in [-0.39, 0.29) is 18.5 Å². The van der Waals surface area contributed by atoms with Crippen LogP contribution >= 0.6 is 23.4 Å². The molecule has 0 aromatic heterocycles. The Morgan fingerprint density at radius 2 is 1.92 bits per heavy atom. The Morgan fingerprint density at radius 3 is 2.69 bits per heavy atom. The lowest BCUT2D eigenvalue weighted by Gasteiger charge is -2.33. The summed E-state index contributed by atoms with van der Waals surface area (Å²) in [6, 6.07) is 16.7. The summed E-state index contributed by atoms with van der Waals surface area (Å²) in [5, 5.41) is 0.567. The number of fused-ring (bicyclic) bond motifs is 1. The normalized spacial score (nSPS) is 24.6. The molecule has 0 saturated carbocycles. The van der Waals surface area contributed by atoms with Gasteiger partial charge in [0.05, 0.1) is 0 Å². The highest BCUT2D eigenvalue weighted by Gasteiger charge is 2.57. The molecule has 0 aliphatic carbocycles. The molecule has 4 rings (SSSR count). The number of carbonyl (C=O) groups excluding carboxylic acids is 2. The SMILES string of the molecule is O=C(OCc1ccccc1Cl)[C@@H]1CS[C@@]2(c3ccccc3)CCC(=O)N12. The van der Waals surface area contributed by atoms with Crippen molar-refractivity contribution in [3.8, 4) is 0 Å². The number of ether oxygens (including phenoxy) is 1. The molecular formula is C20H18ClNO3S. The molecule has 6 heteroatoms. The van der Waals surface area contributed by atoms with E-state index in [2.05, 4.69) is 0 Å². The molecule has 2 aliphatic rings. The summed E-state index contributed by atoms with van der Waals surface area (Å²) in [5.41, 5.74) is 1.83. The fourth-order valence-electron chi connectivity index (χ4n) is 3.68. The zero-order chi connectivity index (χ0) is 18.1. The van der Waals surface area contributed by atoms with Crippen LogP contribution in [0.15, 0.2) is 54.6 Å². The molecule has 2 fully saturated rings. The molecule has 2 aliphatic heterocycles. The number of hydrogen-bond acceptors (Lipinski definition) is 4. The van der Waals surface area contributed by atoms with Crippen LogP contribution in [-0.2, 0) is 25.8 Å². The predicted octanol–water partition coefficient (Wildman–Crippen LogP) is 3.97. The number of nitrogens with zero attached hydrogens (tertiary/aromatic N) is 1. The smallest absolute Gasteiger partial charge is 0.330 e. The molecule has 0 radical (unpaired) electrons. The highest BCUT2D eigenvalue weighted by molar-refractivity contribution is 8.00. The predicted molar refractivity (Wildman–Crippen MR) is 102 cm³/mol. The summed E-state index contributed by atoms with van der Waals surface area (Å²) < 4.78 is 5.50. The van der Waals surface area contributed by atoms with Crippen molar-refractivity contribution in [1.29, 1.82) is 0 Å². The summed E-state index contributed by atoms with van der Waals surface area (Å²) in [4.78, 5) is 26.6. The molecule has 0 spiro atoms. The van der Waals surface area contributed by atoms with Gasteiger partial charge in [-0.05, 0) is 18.1 Å². The average Bonchev–Trinajstić information content (AvgIpc) is 3.21. The van der Waals surface area contributed by atoms with Crippen molar-refractivity contribution in [3.05, 3.63) is 70.7 Å². The highest BCUT2D eigenvalue weighted by atomic mass is 35.5. The molecule has 4 nitrogen and oxygen atoms in total. The zero-order valence-corrected chi connectivity index (χ0v) is 15.6. The summed E-state index contributed by atoms with van der Waals surface area (Å²) in [6.45, 7) is 0.111. The summed E-state index contributed by atoms with van der Waals surface area (Å²) in [5.74, 6) is 0.186. The van der Waals surface area contributed by atoms with E-state index in [0.717, 1.165) is 17.5 Å². The maximum Gasteiger partial charge on any atom is 0.330 e. The van der Waals surface area contributed by atoms with Gasteiger partial charge < -0.3 is 9.64 Å². The maximum atomic E-state index is 12.7. The number of halogens is 1. The first-order chi connectivity index (χ1) is 12.6. The largest absolute Gasteiger partial charge is 0.459 e. The van der Waals surface area contributed by atoms with Gasteiger partial charge in [-0.15, -0.1) is 11.8 Å². The molecule has 2 aromatic rings. The molecular weight excluding hydrogens is 370 g/mol. The molecule has 0 unspecified atom stereocenters. The van der Waals surface area contributed by atoms with Crippen LogP contribution in [0.2, 0.25) is 5.02 Å². The Labute approximate surface area is 161 Å². The standard InChI is InChI=1S/C20H18ClNO3S/c21-16-9-5-4-6-14(16)12-25-19(24)17-13-26-20(11-10-18(23)22(17)20)15-7-2-1-3-8-15/h1-9,17H,10-13H2/t17-,20+/m0/s1. The first kappa shape index (κ1) is 17.4. The van der Waals surface area contributed by atoms with Crippen LogP contribution in [-0.4, -0.2) is 28.6 Å². The Kier molecular flexibility index (Phi) is 4.67. The summed E-state index contributed by atoms with van der Waals surface area (Å²) in [6.07, 6.45) is 1.17. The number of benzene rings is 2. The molecule has 134 valence electrons. The molecule has 0 N–H and O–H groups in total. The van der Waals surface area contributed by atoms with E-state index in [0.29, 0.717) is 17.2 Å². The zero-order valence-electron chi connectivity index (χ0n) is 14.1. The van der Waals surface area contributed by atoms with Gasteiger partial charge in [0.1, 0.15) is 17.5 Å². The van der Waals surface area contributed by atoms with Gasteiger partial charge >= 0.3 is 5.97 Å². The van der Waals surface area contributed by atoms with Crippen molar-refractivity contribution in [3.63, 3.8) is 0 Å². The van der Waals surface area contributed by atoms with Gasteiger partial charge in [0, 0.05) is 22.8 Å². The van der Waals surface area contributed by atoms with Crippen LogP contribution in [0.25, 0.3) is 0 Å². The van der Waals surface area contributed by atoms with E-state index < -0.39 is 10.9 Å². The molecule has 26 heavy (non-hydrogen) atoms. The van der Waals surface area contributed by atoms with Crippen molar-refractivity contribution < 1.29 is 14.3 Å². The molecule has 2 heterocycles. The van der Waals surface area contributed by atoms with E-state index in [1.54, 1.807) is 22.7 Å². The van der Waals surface area contributed by atoms with Crippen LogP contribution in [0.3, 0.4) is 0 Å². The second-order valence-electron chi connectivity index (χ2n) is 6.44. The third kappa shape index (κ3) is 2.89. The topological polar surface area (TPSA) is 46.6 Å². The Balaban J connectivity index is 1.54. The Morgan fingerprint density at radius 1 is 1.19 bits per heavy atom. The first-order valence-electron chi connectivity index (χ1n) is 8.53. The van der Waals surface area contributed by atoms with Crippen LogP contribution in [0.1, 0.15) is 24.0 Å². The van der Waals surface area contributed by atoms with Gasteiger partial charge in [0.25, 0.3) is 0 Å². The molecule has 2 aromatic carbocycles.